The summed E-state index contributed by atoms with van der Waals surface area (Å²) < 4.78 is 52.8. The number of hydrogen-bond donors (Lipinski definition) is 2. The largest absolute Gasteiger partial charge is 0.453 e. The molecule has 2 aliphatic carbocycles. The van der Waals surface area contributed by atoms with Crippen LogP contribution in [0.3, 0.4) is 0 Å². The zero-order valence-corrected chi connectivity index (χ0v) is 17.1. The zero-order chi connectivity index (χ0) is 21.3. The van der Waals surface area contributed by atoms with Crippen molar-refractivity contribution in [3.63, 3.8) is 0 Å². The minimum absolute atomic E-state index is 0.0144. The van der Waals surface area contributed by atoms with Crippen molar-refractivity contribution in [2.75, 3.05) is 5.32 Å². The van der Waals surface area contributed by atoms with Gasteiger partial charge in [0, 0.05) is 24.6 Å². The molecule has 1 aromatic carbocycles. The third-order valence-electron chi connectivity index (χ3n) is 6.07. The van der Waals surface area contributed by atoms with Gasteiger partial charge in [0.1, 0.15) is 12.0 Å². The van der Waals surface area contributed by atoms with Gasteiger partial charge >= 0.3 is 6.03 Å². The molecule has 0 fully saturated rings. The molecule has 2 aromatic rings. The third kappa shape index (κ3) is 2.83. The second-order valence-electron chi connectivity index (χ2n) is 8.12. The normalized spacial score (nSPS) is 25.8. The van der Waals surface area contributed by atoms with E-state index in [1.807, 2.05) is 0 Å². The first-order valence-corrected chi connectivity index (χ1v) is 11.3. The highest BCUT2D eigenvalue weighted by Gasteiger charge is 2.45. The molecule has 0 radical (unpaired) electrons. The Labute approximate surface area is 172 Å². The molecule has 2 heterocycles. The van der Waals surface area contributed by atoms with Crippen LogP contribution in [0.4, 0.5) is 19.3 Å². The number of aromatic nitrogens is 2. The number of fused-ring (bicyclic) bond motifs is 3. The van der Waals surface area contributed by atoms with E-state index in [2.05, 4.69) is 14.8 Å². The number of urea groups is 1. The number of rotatable bonds is 2. The van der Waals surface area contributed by atoms with Crippen LogP contribution in [0, 0.1) is 5.82 Å². The van der Waals surface area contributed by atoms with Crippen molar-refractivity contribution < 1.29 is 22.5 Å². The summed E-state index contributed by atoms with van der Waals surface area (Å²) in [7, 11) is -3.63. The van der Waals surface area contributed by atoms with Crippen LogP contribution in [0.15, 0.2) is 16.6 Å². The van der Waals surface area contributed by atoms with Crippen molar-refractivity contribution in [2.24, 2.45) is 9.50 Å². The van der Waals surface area contributed by atoms with E-state index >= 15 is 0 Å². The molecular formula is C19H21F2N5O3S. The van der Waals surface area contributed by atoms with E-state index in [9.17, 15) is 17.8 Å². The summed E-state index contributed by atoms with van der Waals surface area (Å²) in [6.07, 6.45) is 2.21. The Kier molecular flexibility index (Phi) is 4.20. The molecule has 160 valence electrons. The first kappa shape index (κ1) is 19.4. The van der Waals surface area contributed by atoms with Gasteiger partial charge in [-0.05, 0) is 48.4 Å². The average Bonchev–Trinajstić information content (AvgIpc) is 3.40. The molecule has 0 bridgehead atoms. The van der Waals surface area contributed by atoms with E-state index in [1.54, 1.807) is 6.07 Å². The first-order valence-electron chi connectivity index (χ1n) is 9.74. The Morgan fingerprint density at radius 1 is 1.37 bits per heavy atom. The highest BCUT2D eigenvalue weighted by Crippen LogP contribution is 2.42. The molecule has 0 unspecified atom stereocenters. The fourth-order valence-corrected chi connectivity index (χ4v) is 5.56. The second-order valence-corrected chi connectivity index (χ2v) is 10.3. The van der Waals surface area contributed by atoms with Gasteiger partial charge in [-0.3, -0.25) is 0 Å². The van der Waals surface area contributed by atoms with E-state index in [0.717, 1.165) is 6.42 Å². The lowest BCUT2D eigenvalue weighted by Gasteiger charge is -2.23. The highest BCUT2D eigenvalue weighted by molar-refractivity contribution is 7.92. The number of alkyl halides is 1. The van der Waals surface area contributed by atoms with Crippen molar-refractivity contribution in [1.29, 1.82) is 0 Å². The van der Waals surface area contributed by atoms with Crippen LogP contribution in [0.5, 0.6) is 5.88 Å². The molecule has 1 aromatic heterocycles. The summed E-state index contributed by atoms with van der Waals surface area (Å²) >= 11 is 0. The van der Waals surface area contributed by atoms with Gasteiger partial charge in [-0.25, -0.2) is 27.6 Å². The maximum atomic E-state index is 14.8. The van der Waals surface area contributed by atoms with Crippen molar-refractivity contribution in [2.45, 2.75) is 56.7 Å². The van der Waals surface area contributed by atoms with Crippen LogP contribution in [0.25, 0.3) is 0 Å². The first-order chi connectivity index (χ1) is 14.2. The fraction of sp³-hybridized carbons (Fsp3) is 0.474. The predicted octanol–water partition coefficient (Wildman–Crippen LogP) is 2.63. The summed E-state index contributed by atoms with van der Waals surface area (Å²) in [4.78, 5) is 11.3. The van der Waals surface area contributed by atoms with Crippen molar-refractivity contribution in [3.8, 4) is 5.88 Å². The topological polar surface area (TPSA) is 112 Å². The molecule has 3 N–H and O–H groups in total. The van der Waals surface area contributed by atoms with Crippen molar-refractivity contribution in [3.05, 3.63) is 40.3 Å². The highest BCUT2D eigenvalue weighted by atomic mass is 32.2. The lowest BCUT2D eigenvalue weighted by molar-refractivity contribution is 0.206. The van der Waals surface area contributed by atoms with Gasteiger partial charge < -0.3 is 10.1 Å². The van der Waals surface area contributed by atoms with Crippen LogP contribution < -0.4 is 15.2 Å². The summed E-state index contributed by atoms with van der Waals surface area (Å²) in [5.74, 6) is 0.0194. The molecule has 30 heavy (non-hydrogen) atoms. The predicted molar refractivity (Wildman–Crippen MR) is 106 cm³/mol. The molecule has 0 saturated carbocycles. The minimum Gasteiger partial charge on any atom is -0.453 e. The van der Waals surface area contributed by atoms with Gasteiger partial charge in [0.25, 0.3) is 0 Å². The van der Waals surface area contributed by atoms with Gasteiger partial charge in [0.05, 0.1) is 12.7 Å². The molecule has 8 nitrogen and oxygen atoms in total. The maximum Gasteiger partial charge on any atom is 0.354 e. The lowest BCUT2D eigenvalue weighted by Crippen LogP contribution is -2.45. The molecule has 2 amide bonds. The molecule has 0 spiro atoms. The Bertz CT molecular complexity index is 1180. The summed E-state index contributed by atoms with van der Waals surface area (Å²) in [6, 6.07) is 0.668. The number of nitrogens with one attached hydrogen (secondary N) is 1. The number of anilines is 1. The quantitative estimate of drug-likeness (QED) is 0.752. The number of carbonyl (C=O) groups excluding carboxylic acids is 1. The number of benzene rings is 1. The summed E-state index contributed by atoms with van der Waals surface area (Å²) in [6.45, 7) is 1.58. The molecule has 11 heteroatoms. The van der Waals surface area contributed by atoms with Crippen LogP contribution in [-0.2, 0) is 42.1 Å². The Balaban J connectivity index is 1.48. The Morgan fingerprint density at radius 3 is 2.87 bits per heavy atom. The number of nitrogens with zero attached hydrogens (tertiary/aromatic N) is 3. The van der Waals surface area contributed by atoms with Crippen molar-refractivity contribution >= 4 is 21.6 Å². The van der Waals surface area contributed by atoms with E-state index in [0.29, 0.717) is 46.7 Å². The molecule has 0 saturated heterocycles. The Morgan fingerprint density at radius 2 is 2.10 bits per heavy atom. The number of halogens is 2. The SMILES string of the molecule is C[C@@]1([S@@](N)(=O)=NC(=O)Nc2c3c(c(F)c4c2C[C@@H](F)C4)CCC3)Cn2nccc2O1. The molecular weight excluding hydrogens is 416 g/mol. The van der Waals surface area contributed by atoms with E-state index in [4.69, 9.17) is 9.88 Å². The Hall–Kier alpha value is -2.53. The number of carbonyl (C=O) groups is 1. The lowest BCUT2D eigenvalue weighted by atomic mass is 9.98. The van der Waals surface area contributed by atoms with Crippen LogP contribution in [0.2, 0.25) is 0 Å². The second kappa shape index (κ2) is 6.48. The van der Waals surface area contributed by atoms with Gasteiger partial charge in [0.15, 0.2) is 9.92 Å². The molecule has 1 aliphatic heterocycles. The number of nitrogens with two attached hydrogens (primary N) is 1. The van der Waals surface area contributed by atoms with E-state index in [-0.39, 0.29) is 25.2 Å². The number of hydrogen-bond acceptors (Lipinski definition) is 4. The van der Waals surface area contributed by atoms with Gasteiger partial charge in [-0.1, -0.05) is 0 Å². The van der Waals surface area contributed by atoms with E-state index < -0.39 is 27.1 Å². The number of amides is 2. The third-order valence-corrected chi connectivity index (χ3v) is 7.96. The summed E-state index contributed by atoms with van der Waals surface area (Å²) in [5.41, 5.74) is 2.33. The van der Waals surface area contributed by atoms with Gasteiger partial charge in [0.2, 0.25) is 10.8 Å². The van der Waals surface area contributed by atoms with Gasteiger partial charge in [-0.2, -0.15) is 5.10 Å². The molecule has 3 aliphatic rings. The minimum atomic E-state index is -3.63. The standard InChI is InChI=1S/C19H21F2N5O3S/c1-19(9-26-15(29-19)5-6-23-26)30(22,28)25-18(27)24-17-12-4-2-3-11(12)16(21)13-7-10(20)8-14(13)17/h5-6,10H,2-4,7-9H2,1H3,(H3,22,24,25,27,28)/t10-,19+,30-/m0/s1. The van der Waals surface area contributed by atoms with Gasteiger partial charge in [-0.15, -0.1) is 4.36 Å². The summed E-state index contributed by atoms with van der Waals surface area (Å²) in [5, 5.41) is 12.6. The van der Waals surface area contributed by atoms with Crippen LogP contribution >= 0.6 is 0 Å². The number of ether oxygens (including phenoxy) is 1. The smallest absolute Gasteiger partial charge is 0.354 e. The molecule has 5 rings (SSSR count). The zero-order valence-electron chi connectivity index (χ0n) is 16.3. The average molecular weight is 437 g/mol. The van der Waals surface area contributed by atoms with Crippen molar-refractivity contribution in [1.82, 2.24) is 9.78 Å². The van der Waals surface area contributed by atoms with E-state index in [1.165, 1.54) is 17.8 Å². The maximum absolute atomic E-state index is 14.8. The fourth-order valence-electron chi connectivity index (χ4n) is 4.57. The molecule has 3 atom stereocenters. The van der Waals surface area contributed by atoms with Crippen LogP contribution in [-0.4, -0.2) is 31.1 Å². The monoisotopic (exact) mass is 437 g/mol. The van der Waals surface area contributed by atoms with Crippen LogP contribution in [0.1, 0.15) is 35.6 Å².